The zero-order valence-corrected chi connectivity index (χ0v) is 19.1. The maximum atomic E-state index is 13.4. The second kappa shape index (κ2) is 10.8. The number of hydrogen-bond donors (Lipinski definition) is 3. The maximum Gasteiger partial charge on any atom is 0.247 e. The smallest absolute Gasteiger partial charge is 0.247 e. The number of nitrogens with one attached hydrogen (secondary N) is 1. The Hall–Kier alpha value is -3.20. The van der Waals surface area contributed by atoms with E-state index in [9.17, 15) is 19.8 Å². The van der Waals surface area contributed by atoms with Gasteiger partial charge in [-0.2, -0.15) is 0 Å². The lowest BCUT2D eigenvalue weighted by atomic mass is 9.77. The van der Waals surface area contributed by atoms with E-state index in [0.29, 0.717) is 11.3 Å². The fourth-order valence-electron chi connectivity index (χ4n) is 4.69. The van der Waals surface area contributed by atoms with Gasteiger partial charge in [-0.1, -0.05) is 48.5 Å². The number of benzene rings is 2. The molecule has 0 saturated carbocycles. The third kappa shape index (κ3) is 4.84. The van der Waals surface area contributed by atoms with Crippen LogP contribution in [-0.4, -0.2) is 78.6 Å². The normalized spacial score (nSPS) is 22.7. The third-order valence-electron chi connectivity index (χ3n) is 6.29. The molecule has 2 aliphatic rings. The van der Waals surface area contributed by atoms with Crippen LogP contribution in [0.2, 0.25) is 0 Å². The number of hydrogen-bond acceptors (Lipinski definition) is 6. The molecule has 2 aromatic rings. The Morgan fingerprint density at radius 3 is 2.59 bits per heavy atom. The van der Waals surface area contributed by atoms with E-state index in [0.717, 1.165) is 11.1 Å². The van der Waals surface area contributed by atoms with Crippen LogP contribution in [0.15, 0.2) is 66.2 Å². The zero-order chi connectivity index (χ0) is 24.1. The molecule has 0 fully saturated rings. The van der Waals surface area contributed by atoms with Crippen molar-refractivity contribution in [2.24, 2.45) is 0 Å². The molecular weight excluding hydrogens is 436 g/mol. The molecule has 0 radical (unpaired) electrons. The molecular formula is C26H30N2O6. The Labute approximate surface area is 198 Å². The van der Waals surface area contributed by atoms with Gasteiger partial charge in [-0.05, 0) is 17.7 Å². The van der Waals surface area contributed by atoms with Crippen LogP contribution in [0, 0.1) is 0 Å². The number of para-hydroxylation sites is 1. The van der Waals surface area contributed by atoms with Crippen molar-refractivity contribution in [2.45, 2.75) is 30.6 Å². The predicted molar refractivity (Wildman–Crippen MR) is 125 cm³/mol. The second-order valence-electron chi connectivity index (χ2n) is 8.42. The van der Waals surface area contributed by atoms with Crippen LogP contribution in [0.1, 0.15) is 17.0 Å². The summed E-state index contributed by atoms with van der Waals surface area (Å²) in [6, 6.07) is 16.0. The van der Waals surface area contributed by atoms with Crippen LogP contribution in [0.4, 0.5) is 0 Å². The minimum atomic E-state index is -1.05. The summed E-state index contributed by atoms with van der Waals surface area (Å²) >= 11 is 0. The van der Waals surface area contributed by atoms with E-state index >= 15 is 0 Å². The molecule has 1 heterocycles. The number of aliphatic hydroxyl groups excluding tert-OH is 2. The highest BCUT2D eigenvalue weighted by atomic mass is 16.5. The van der Waals surface area contributed by atoms with Gasteiger partial charge in [0.2, 0.25) is 11.8 Å². The Bertz CT molecular complexity index is 1040. The van der Waals surface area contributed by atoms with Crippen molar-refractivity contribution in [3.63, 3.8) is 0 Å². The molecule has 2 amide bonds. The van der Waals surface area contributed by atoms with Gasteiger partial charge in [-0.25, -0.2) is 0 Å². The summed E-state index contributed by atoms with van der Waals surface area (Å²) in [4.78, 5) is 28.0. The van der Waals surface area contributed by atoms with Gasteiger partial charge in [0.15, 0.2) is 0 Å². The topological polar surface area (TPSA) is 108 Å². The van der Waals surface area contributed by atoms with Gasteiger partial charge in [-0.15, -0.1) is 0 Å². The molecule has 1 aliphatic heterocycles. The number of methoxy groups -OCH3 is 1. The number of aliphatic hydroxyl groups is 2. The summed E-state index contributed by atoms with van der Waals surface area (Å²) in [5, 5.41) is 23.3. The van der Waals surface area contributed by atoms with Crippen LogP contribution in [0.5, 0.6) is 5.75 Å². The van der Waals surface area contributed by atoms with Crippen molar-refractivity contribution in [3.05, 3.63) is 77.4 Å². The van der Waals surface area contributed by atoms with Gasteiger partial charge in [-0.3, -0.25) is 9.59 Å². The van der Waals surface area contributed by atoms with Crippen molar-refractivity contribution in [1.29, 1.82) is 0 Å². The molecule has 0 bridgehead atoms. The predicted octanol–water partition coefficient (Wildman–Crippen LogP) is 1.03. The minimum Gasteiger partial charge on any atom is -0.486 e. The molecule has 3 N–H and O–H groups in total. The molecule has 1 aliphatic carbocycles. The highest BCUT2D eigenvalue weighted by Crippen LogP contribution is 2.47. The third-order valence-corrected chi connectivity index (χ3v) is 6.29. The quantitative estimate of drug-likeness (QED) is 0.510. The van der Waals surface area contributed by atoms with Crippen LogP contribution < -0.4 is 10.1 Å². The van der Waals surface area contributed by atoms with Crippen LogP contribution in [0.25, 0.3) is 0 Å². The number of ether oxygens (including phenoxy) is 2. The highest BCUT2D eigenvalue weighted by Gasteiger charge is 2.50. The van der Waals surface area contributed by atoms with Gasteiger partial charge in [0.25, 0.3) is 0 Å². The molecule has 4 rings (SSSR count). The van der Waals surface area contributed by atoms with Gasteiger partial charge >= 0.3 is 0 Å². The summed E-state index contributed by atoms with van der Waals surface area (Å²) in [5.41, 5.74) is 2.08. The van der Waals surface area contributed by atoms with Crippen LogP contribution >= 0.6 is 0 Å². The number of amides is 2. The lowest BCUT2D eigenvalue weighted by Crippen LogP contribution is -2.56. The molecule has 4 atom stereocenters. The lowest BCUT2D eigenvalue weighted by molar-refractivity contribution is -0.137. The minimum absolute atomic E-state index is 0.101. The fourth-order valence-corrected chi connectivity index (χ4v) is 4.69. The van der Waals surface area contributed by atoms with E-state index < -0.39 is 24.2 Å². The molecule has 0 aromatic heterocycles. The summed E-state index contributed by atoms with van der Waals surface area (Å²) in [5.74, 6) is -0.414. The maximum absolute atomic E-state index is 13.4. The first-order valence-electron chi connectivity index (χ1n) is 11.4. The molecule has 0 saturated heterocycles. The summed E-state index contributed by atoms with van der Waals surface area (Å²) in [6.45, 7) is 0.431. The number of rotatable bonds is 9. The van der Waals surface area contributed by atoms with Gasteiger partial charge < -0.3 is 29.9 Å². The van der Waals surface area contributed by atoms with Crippen LogP contribution in [0.3, 0.4) is 0 Å². The summed E-state index contributed by atoms with van der Waals surface area (Å²) < 4.78 is 11.3. The van der Waals surface area contributed by atoms with Gasteiger partial charge in [0.05, 0.1) is 31.6 Å². The molecule has 2 aromatic carbocycles. The molecule has 0 spiro atoms. The Kier molecular flexibility index (Phi) is 7.62. The van der Waals surface area contributed by atoms with E-state index in [1.807, 2.05) is 54.6 Å². The van der Waals surface area contributed by atoms with Crippen LogP contribution in [-0.2, 0) is 20.7 Å². The van der Waals surface area contributed by atoms with Gasteiger partial charge in [0, 0.05) is 31.3 Å². The van der Waals surface area contributed by atoms with E-state index in [-0.39, 0.29) is 44.5 Å². The monoisotopic (exact) mass is 466 g/mol. The first-order valence-corrected chi connectivity index (χ1v) is 11.4. The van der Waals surface area contributed by atoms with Crippen molar-refractivity contribution >= 4 is 11.8 Å². The molecule has 8 nitrogen and oxygen atoms in total. The zero-order valence-electron chi connectivity index (χ0n) is 19.1. The van der Waals surface area contributed by atoms with E-state index in [1.54, 1.807) is 18.1 Å². The van der Waals surface area contributed by atoms with E-state index in [4.69, 9.17) is 9.47 Å². The summed E-state index contributed by atoms with van der Waals surface area (Å²) in [7, 11) is 1.55. The highest BCUT2D eigenvalue weighted by molar-refractivity contribution is 5.96. The molecule has 4 unspecified atom stereocenters. The Morgan fingerprint density at radius 1 is 1.12 bits per heavy atom. The van der Waals surface area contributed by atoms with Crippen molar-refractivity contribution < 1.29 is 29.3 Å². The second-order valence-corrected chi connectivity index (χ2v) is 8.42. The number of nitrogens with zero attached hydrogens (tertiary/aromatic N) is 1. The average molecular weight is 467 g/mol. The van der Waals surface area contributed by atoms with E-state index in [2.05, 4.69) is 5.32 Å². The Morgan fingerprint density at radius 2 is 1.85 bits per heavy atom. The van der Waals surface area contributed by atoms with Gasteiger partial charge in [0.1, 0.15) is 18.0 Å². The fraction of sp³-hybridized carbons (Fsp3) is 0.385. The number of fused-ring (bicyclic) bond motifs is 3. The molecule has 8 heteroatoms. The summed E-state index contributed by atoms with van der Waals surface area (Å²) in [6.07, 6.45) is 0.0472. The number of carbonyl (C=O) groups excluding carboxylic acids is 2. The first kappa shape index (κ1) is 23.9. The lowest BCUT2D eigenvalue weighted by Gasteiger charge is -2.40. The number of carbonyl (C=O) groups is 2. The molecule has 180 valence electrons. The SMILES string of the molecule is COCCN(C(=O)Cc1ccccc1)C1C=C(C(=O)NCCO)C2c3ccccc3OC2C1O. The molecule has 34 heavy (non-hydrogen) atoms. The first-order chi connectivity index (χ1) is 16.5. The van der Waals surface area contributed by atoms with Crippen molar-refractivity contribution in [3.8, 4) is 5.75 Å². The standard InChI is InChI=1S/C26H30N2O6/c1-33-14-12-28(22(30)15-17-7-3-2-4-8-17)20-16-19(26(32)27-11-13-29)23-18-9-5-6-10-21(18)34-25(23)24(20)31/h2-10,16,20,23-25,29,31H,11-15H2,1H3,(H,27,32). The largest absolute Gasteiger partial charge is 0.486 e. The van der Waals surface area contributed by atoms with E-state index in [1.165, 1.54) is 0 Å². The van der Waals surface area contributed by atoms with Crippen molar-refractivity contribution in [2.75, 3.05) is 33.4 Å². The Balaban J connectivity index is 1.70. The average Bonchev–Trinajstić information content (AvgIpc) is 3.25. The van der Waals surface area contributed by atoms with Crippen molar-refractivity contribution in [1.82, 2.24) is 10.2 Å².